The monoisotopic (exact) mass is 270 g/mol. The maximum absolute atomic E-state index is 13.3. The van der Waals surface area contributed by atoms with Gasteiger partial charge < -0.3 is 16.2 Å². The number of anilines is 2. The van der Waals surface area contributed by atoms with Gasteiger partial charge in [0, 0.05) is 18.0 Å². The predicted molar refractivity (Wildman–Crippen MR) is 71.9 cm³/mol. The minimum Gasteiger partial charge on any atom is -0.396 e. The van der Waals surface area contributed by atoms with Gasteiger partial charge in [-0.05, 0) is 18.9 Å². The van der Waals surface area contributed by atoms with Crippen LogP contribution in [0, 0.1) is 17.0 Å². The summed E-state index contributed by atoms with van der Waals surface area (Å²) in [4.78, 5) is 0. The van der Waals surface area contributed by atoms with Gasteiger partial charge in [0.1, 0.15) is 5.82 Å². The van der Waals surface area contributed by atoms with E-state index in [4.69, 9.17) is 5.73 Å². The molecule has 0 saturated heterocycles. The van der Waals surface area contributed by atoms with Gasteiger partial charge in [0.25, 0.3) is 0 Å². The molecule has 106 valence electrons. The number of rotatable bonds is 4. The van der Waals surface area contributed by atoms with Crippen LogP contribution < -0.4 is 11.1 Å². The number of hydrogen-bond acceptors (Lipinski definition) is 3. The molecule has 0 unspecified atom stereocenters. The van der Waals surface area contributed by atoms with E-state index in [1.54, 1.807) is 0 Å². The molecule has 1 aromatic rings. The molecule has 0 bridgehead atoms. The molecule has 1 aliphatic carbocycles. The number of nitrogens with one attached hydrogen (secondary N) is 1. The SMILES string of the molecule is Nc1c(F)cc(F)cc1NCC1(CO)CCCCC1. The Morgan fingerprint density at radius 3 is 2.53 bits per heavy atom. The van der Waals surface area contributed by atoms with E-state index in [0.717, 1.165) is 31.7 Å². The van der Waals surface area contributed by atoms with Gasteiger partial charge in [-0.2, -0.15) is 0 Å². The van der Waals surface area contributed by atoms with Crippen LogP contribution in [-0.2, 0) is 0 Å². The lowest BCUT2D eigenvalue weighted by Crippen LogP contribution is -2.35. The molecule has 1 fully saturated rings. The van der Waals surface area contributed by atoms with E-state index in [0.29, 0.717) is 6.54 Å². The van der Waals surface area contributed by atoms with Crippen LogP contribution in [0.1, 0.15) is 32.1 Å². The molecule has 0 radical (unpaired) electrons. The van der Waals surface area contributed by atoms with E-state index >= 15 is 0 Å². The lowest BCUT2D eigenvalue weighted by atomic mass is 9.74. The Labute approximate surface area is 111 Å². The van der Waals surface area contributed by atoms with E-state index in [9.17, 15) is 13.9 Å². The third kappa shape index (κ3) is 3.15. The Kier molecular flexibility index (Phi) is 4.24. The van der Waals surface area contributed by atoms with Crippen molar-refractivity contribution in [1.82, 2.24) is 0 Å². The molecule has 1 aromatic carbocycles. The second-order valence-electron chi connectivity index (χ2n) is 5.42. The summed E-state index contributed by atoms with van der Waals surface area (Å²) in [5.41, 5.74) is 5.57. The Bertz CT molecular complexity index is 445. The van der Waals surface area contributed by atoms with Crippen molar-refractivity contribution in [3.8, 4) is 0 Å². The highest BCUT2D eigenvalue weighted by Crippen LogP contribution is 2.36. The number of aliphatic hydroxyl groups excluding tert-OH is 1. The molecule has 0 amide bonds. The van der Waals surface area contributed by atoms with Crippen LogP contribution in [0.4, 0.5) is 20.2 Å². The maximum atomic E-state index is 13.3. The number of aliphatic hydroxyl groups is 1. The molecule has 2 rings (SSSR count). The Morgan fingerprint density at radius 2 is 1.89 bits per heavy atom. The fraction of sp³-hybridized carbons (Fsp3) is 0.571. The third-order valence-electron chi connectivity index (χ3n) is 4.00. The quantitative estimate of drug-likeness (QED) is 0.737. The normalized spacial score (nSPS) is 18.3. The maximum Gasteiger partial charge on any atom is 0.151 e. The lowest BCUT2D eigenvalue weighted by molar-refractivity contribution is 0.0944. The molecule has 0 spiro atoms. The van der Waals surface area contributed by atoms with E-state index in [1.165, 1.54) is 12.5 Å². The summed E-state index contributed by atoms with van der Waals surface area (Å²) in [6.45, 7) is 0.564. The van der Waals surface area contributed by atoms with E-state index < -0.39 is 11.6 Å². The Hall–Kier alpha value is -1.36. The van der Waals surface area contributed by atoms with Crippen molar-refractivity contribution < 1.29 is 13.9 Å². The zero-order valence-electron chi connectivity index (χ0n) is 10.9. The van der Waals surface area contributed by atoms with Crippen molar-refractivity contribution >= 4 is 11.4 Å². The first kappa shape index (κ1) is 14.1. The first-order valence-corrected chi connectivity index (χ1v) is 6.66. The highest BCUT2D eigenvalue weighted by molar-refractivity contribution is 5.66. The molecule has 0 aliphatic heterocycles. The fourth-order valence-electron chi connectivity index (χ4n) is 2.71. The highest BCUT2D eigenvalue weighted by atomic mass is 19.1. The average molecular weight is 270 g/mol. The first-order valence-electron chi connectivity index (χ1n) is 6.66. The van der Waals surface area contributed by atoms with Gasteiger partial charge in [0.2, 0.25) is 0 Å². The van der Waals surface area contributed by atoms with Crippen LogP contribution >= 0.6 is 0 Å². The standard InChI is InChI=1S/C14H20F2N2O/c15-10-6-11(16)13(17)12(7-10)18-8-14(9-19)4-2-1-3-5-14/h6-7,18-19H,1-5,8-9,17H2. The number of halogens is 2. The highest BCUT2D eigenvalue weighted by Gasteiger charge is 2.31. The zero-order valence-corrected chi connectivity index (χ0v) is 10.9. The molecular weight excluding hydrogens is 250 g/mol. The van der Waals surface area contributed by atoms with Crippen LogP contribution in [0.2, 0.25) is 0 Å². The van der Waals surface area contributed by atoms with E-state index in [1.807, 2.05) is 0 Å². The molecular formula is C14H20F2N2O. The van der Waals surface area contributed by atoms with E-state index in [-0.39, 0.29) is 23.4 Å². The topological polar surface area (TPSA) is 58.3 Å². The summed E-state index contributed by atoms with van der Waals surface area (Å²) in [5, 5.41) is 12.6. The second kappa shape index (κ2) is 5.74. The molecule has 19 heavy (non-hydrogen) atoms. The summed E-state index contributed by atoms with van der Waals surface area (Å²) >= 11 is 0. The van der Waals surface area contributed by atoms with Crippen molar-refractivity contribution in [2.75, 3.05) is 24.2 Å². The number of hydrogen-bond donors (Lipinski definition) is 3. The Morgan fingerprint density at radius 1 is 1.21 bits per heavy atom. The smallest absolute Gasteiger partial charge is 0.151 e. The van der Waals surface area contributed by atoms with Crippen molar-refractivity contribution in [2.24, 2.45) is 5.41 Å². The van der Waals surface area contributed by atoms with Gasteiger partial charge in [0.15, 0.2) is 5.82 Å². The summed E-state index contributed by atoms with van der Waals surface area (Å²) < 4.78 is 26.5. The predicted octanol–water partition coefficient (Wildman–Crippen LogP) is 2.90. The molecule has 1 aliphatic rings. The molecule has 3 nitrogen and oxygen atoms in total. The summed E-state index contributed by atoms with van der Waals surface area (Å²) in [6.07, 6.45) is 5.19. The van der Waals surface area contributed by atoms with Crippen LogP contribution in [0.15, 0.2) is 12.1 Å². The van der Waals surface area contributed by atoms with E-state index in [2.05, 4.69) is 5.32 Å². The van der Waals surface area contributed by atoms with Gasteiger partial charge >= 0.3 is 0 Å². The van der Waals surface area contributed by atoms with Crippen molar-refractivity contribution in [3.05, 3.63) is 23.8 Å². The number of benzene rings is 1. The lowest BCUT2D eigenvalue weighted by Gasteiger charge is -2.36. The van der Waals surface area contributed by atoms with Gasteiger partial charge in [0.05, 0.1) is 18.0 Å². The molecule has 4 N–H and O–H groups in total. The third-order valence-corrected chi connectivity index (χ3v) is 4.00. The summed E-state index contributed by atoms with van der Waals surface area (Å²) in [7, 11) is 0. The fourth-order valence-corrected chi connectivity index (χ4v) is 2.71. The molecule has 1 saturated carbocycles. The van der Waals surface area contributed by atoms with Crippen LogP contribution in [-0.4, -0.2) is 18.3 Å². The van der Waals surface area contributed by atoms with Crippen LogP contribution in [0.25, 0.3) is 0 Å². The first-order chi connectivity index (χ1) is 9.06. The summed E-state index contributed by atoms with van der Waals surface area (Å²) in [5.74, 6) is -1.42. The summed E-state index contributed by atoms with van der Waals surface area (Å²) in [6, 6.07) is 1.95. The number of nitrogens with two attached hydrogens (primary N) is 1. The van der Waals surface area contributed by atoms with Gasteiger partial charge in [-0.25, -0.2) is 8.78 Å². The average Bonchev–Trinajstić information content (AvgIpc) is 2.42. The second-order valence-corrected chi connectivity index (χ2v) is 5.42. The molecule has 5 heteroatoms. The van der Waals surface area contributed by atoms with Crippen LogP contribution in [0.3, 0.4) is 0 Å². The van der Waals surface area contributed by atoms with Crippen molar-refractivity contribution in [3.63, 3.8) is 0 Å². The van der Waals surface area contributed by atoms with Gasteiger partial charge in [-0.1, -0.05) is 19.3 Å². The largest absolute Gasteiger partial charge is 0.396 e. The van der Waals surface area contributed by atoms with Crippen molar-refractivity contribution in [2.45, 2.75) is 32.1 Å². The van der Waals surface area contributed by atoms with Gasteiger partial charge in [-0.15, -0.1) is 0 Å². The minimum absolute atomic E-state index is 0.0784. The minimum atomic E-state index is -0.760. The molecule has 0 aromatic heterocycles. The molecule has 0 heterocycles. The Balaban J connectivity index is 2.09. The van der Waals surface area contributed by atoms with Crippen LogP contribution in [0.5, 0.6) is 0 Å². The van der Waals surface area contributed by atoms with Gasteiger partial charge in [-0.3, -0.25) is 0 Å². The van der Waals surface area contributed by atoms with Crippen molar-refractivity contribution in [1.29, 1.82) is 0 Å². The molecule has 0 atom stereocenters. The number of nitrogen functional groups attached to an aromatic ring is 1. The zero-order chi connectivity index (χ0) is 13.9.